The van der Waals surface area contributed by atoms with Gasteiger partial charge in [-0.05, 0) is 0 Å². The van der Waals surface area contributed by atoms with Gasteiger partial charge in [-0.3, -0.25) is 4.79 Å². The fourth-order valence-corrected chi connectivity index (χ4v) is 1.16. The first-order chi connectivity index (χ1) is 8.02. The molecule has 0 aliphatic rings. The molecule has 0 unspecified atom stereocenters. The SMILES string of the molecule is COc1cc(NCCC(=O)N(C)C)nc(N)n1. The Morgan fingerprint density at radius 1 is 1.53 bits per heavy atom. The van der Waals surface area contributed by atoms with Crippen molar-refractivity contribution in [2.45, 2.75) is 6.42 Å². The molecule has 1 amide bonds. The standard InChI is InChI=1S/C10H17N5O2/c1-15(2)9(16)4-5-12-7-6-8(17-3)14-10(11)13-7/h6H,4-5H2,1-3H3,(H3,11,12,13,14). The molecule has 0 aliphatic heterocycles. The molecule has 17 heavy (non-hydrogen) atoms. The summed E-state index contributed by atoms with van der Waals surface area (Å²) in [6.07, 6.45) is 0.388. The second-order valence-corrected chi connectivity index (χ2v) is 3.62. The highest BCUT2D eigenvalue weighted by Gasteiger charge is 2.05. The van der Waals surface area contributed by atoms with Crippen molar-refractivity contribution in [1.29, 1.82) is 0 Å². The first kappa shape index (κ1) is 13.0. The molecule has 94 valence electrons. The first-order valence-corrected chi connectivity index (χ1v) is 5.15. The van der Waals surface area contributed by atoms with Crippen LogP contribution in [0.3, 0.4) is 0 Å². The van der Waals surface area contributed by atoms with Crippen molar-refractivity contribution in [2.24, 2.45) is 0 Å². The molecule has 1 aromatic heterocycles. The van der Waals surface area contributed by atoms with E-state index in [0.717, 1.165) is 0 Å². The number of nitrogens with one attached hydrogen (secondary N) is 1. The summed E-state index contributed by atoms with van der Waals surface area (Å²) >= 11 is 0. The van der Waals surface area contributed by atoms with Gasteiger partial charge in [0, 0.05) is 33.1 Å². The molecular weight excluding hydrogens is 222 g/mol. The Labute approximate surface area is 100.0 Å². The lowest BCUT2D eigenvalue weighted by molar-refractivity contribution is -0.128. The van der Waals surface area contributed by atoms with Gasteiger partial charge in [0.2, 0.25) is 17.7 Å². The zero-order chi connectivity index (χ0) is 12.8. The first-order valence-electron chi connectivity index (χ1n) is 5.15. The van der Waals surface area contributed by atoms with E-state index in [-0.39, 0.29) is 11.9 Å². The second-order valence-electron chi connectivity index (χ2n) is 3.62. The molecule has 1 aromatic rings. The summed E-state index contributed by atoms with van der Waals surface area (Å²) in [7, 11) is 4.93. The highest BCUT2D eigenvalue weighted by atomic mass is 16.5. The molecule has 0 fully saturated rings. The molecule has 0 radical (unpaired) electrons. The number of hydrogen-bond acceptors (Lipinski definition) is 6. The molecule has 1 heterocycles. The third-order valence-electron chi connectivity index (χ3n) is 2.07. The van der Waals surface area contributed by atoms with E-state index in [4.69, 9.17) is 10.5 Å². The number of anilines is 2. The smallest absolute Gasteiger partial charge is 0.225 e. The Balaban J connectivity index is 2.52. The van der Waals surface area contributed by atoms with Crippen LogP contribution in [0.5, 0.6) is 5.88 Å². The van der Waals surface area contributed by atoms with Gasteiger partial charge >= 0.3 is 0 Å². The van der Waals surface area contributed by atoms with Crippen LogP contribution < -0.4 is 15.8 Å². The highest BCUT2D eigenvalue weighted by molar-refractivity contribution is 5.76. The van der Waals surface area contributed by atoms with Crippen LogP contribution in [0, 0.1) is 0 Å². The number of nitrogens with zero attached hydrogens (tertiary/aromatic N) is 3. The fraction of sp³-hybridized carbons (Fsp3) is 0.500. The summed E-state index contributed by atoms with van der Waals surface area (Å²) in [5.41, 5.74) is 5.50. The van der Waals surface area contributed by atoms with Crippen molar-refractivity contribution in [3.63, 3.8) is 0 Å². The van der Waals surface area contributed by atoms with Gasteiger partial charge in [0.15, 0.2) is 0 Å². The lowest BCUT2D eigenvalue weighted by Crippen LogP contribution is -2.24. The summed E-state index contributed by atoms with van der Waals surface area (Å²) in [6.45, 7) is 0.483. The lowest BCUT2D eigenvalue weighted by atomic mass is 10.4. The van der Waals surface area contributed by atoms with E-state index in [2.05, 4.69) is 15.3 Å². The Kier molecular flexibility index (Phi) is 4.50. The third-order valence-corrected chi connectivity index (χ3v) is 2.07. The predicted molar refractivity (Wildman–Crippen MR) is 64.8 cm³/mol. The van der Waals surface area contributed by atoms with E-state index in [1.54, 1.807) is 20.2 Å². The Bertz CT molecular complexity index is 394. The zero-order valence-corrected chi connectivity index (χ0v) is 10.2. The maximum absolute atomic E-state index is 11.3. The van der Waals surface area contributed by atoms with E-state index in [0.29, 0.717) is 24.7 Å². The molecule has 1 rings (SSSR count). The summed E-state index contributed by atoms with van der Waals surface area (Å²) < 4.78 is 4.96. The number of carbonyl (C=O) groups excluding carboxylic acids is 1. The van der Waals surface area contributed by atoms with Gasteiger partial charge in [-0.2, -0.15) is 9.97 Å². The van der Waals surface area contributed by atoms with Crippen LogP contribution >= 0.6 is 0 Å². The number of methoxy groups -OCH3 is 1. The molecule has 0 spiro atoms. The minimum absolute atomic E-state index is 0.0477. The van der Waals surface area contributed by atoms with Crippen molar-refractivity contribution < 1.29 is 9.53 Å². The molecule has 0 saturated carbocycles. The van der Waals surface area contributed by atoms with E-state index >= 15 is 0 Å². The van der Waals surface area contributed by atoms with Crippen LogP contribution in [-0.2, 0) is 4.79 Å². The fourth-order valence-electron chi connectivity index (χ4n) is 1.16. The Morgan fingerprint density at radius 2 is 2.24 bits per heavy atom. The number of aromatic nitrogens is 2. The van der Waals surface area contributed by atoms with Crippen molar-refractivity contribution in [3.8, 4) is 5.88 Å². The van der Waals surface area contributed by atoms with Gasteiger partial charge in [-0.1, -0.05) is 0 Å². The lowest BCUT2D eigenvalue weighted by Gasteiger charge is -2.11. The summed E-state index contributed by atoms with van der Waals surface area (Å²) in [5.74, 6) is 1.11. The van der Waals surface area contributed by atoms with Crippen LogP contribution in [0.15, 0.2) is 6.07 Å². The molecule has 0 atom stereocenters. The van der Waals surface area contributed by atoms with E-state index in [1.807, 2.05) is 0 Å². The quantitative estimate of drug-likeness (QED) is 0.748. The summed E-state index contributed by atoms with van der Waals surface area (Å²) in [6, 6.07) is 1.62. The highest BCUT2D eigenvalue weighted by Crippen LogP contribution is 2.13. The van der Waals surface area contributed by atoms with Crippen molar-refractivity contribution >= 4 is 17.7 Å². The van der Waals surface area contributed by atoms with Gasteiger partial charge in [0.25, 0.3) is 0 Å². The van der Waals surface area contributed by atoms with Crippen LogP contribution in [0.2, 0.25) is 0 Å². The van der Waals surface area contributed by atoms with Crippen LogP contribution in [0.1, 0.15) is 6.42 Å². The van der Waals surface area contributed by atoms with Crippen LogP contribution in [-0.4, -0.2) is 48.5 Å². The molecule has 0 bridgehead atoms. The van der Waals surface area contributed by atoms with E-state index in [9.17, 15) is 4.79 Å². The van der Waals surface area contributed by atoms with Gasteiger partial charge in [0.1, 0.15) is 5.82 Å². The Hall–Kier alpha value is -2.05. The van der Waals surface area contributed by atoms with Gasteiger partial charge in [0.05, 0.1) is 7.11 Å². The number of amides is 1. The normalized spacial score (nSPS) is 9.82. The minimum Gasteiger partial charge on any atom is -0.481 e. The maximum atomic E-state index is 11.3. The third kappa shape index (κ3) is 4.13. The summed E-state index contributed by atoms with van der Waals surface area (Å²) in [4.78, 5) is 20.7. The number of ether oxygens (including phenoxy) is 1. The number of hydrogen-bond donors (Lipinski definition) is 2. The second kappa shape index (κ2) is 5.88. The largest absolute Gasteiger partial charge is 0.481 e. The molecular formula is C10H17N5O2. The van der Waals surface area contributed by atoms with Gasteiger partial charge in [-0.15, -0.1) is 0 Å². The van der Waals surface area contributed by atoms with E-state index in [1.165, 1.54) is 12.0 Å². The number of nitrogens with two attached hydrogens (primary N) is 1. The molecule has 0 aliphatic carbocycles. The van der Waals surface area contributed by atoms with Crippen molar-refractivity contribution in [2.75, 3.05) is 38.8 Å². The number of nitrogen functional groups attached to an aromatic ring is 1. The number of carbonyl (C=O) groups is 1. The molecule has 7 heteroatoms. The van der Waals surface area contributed by atoms with E-state index < -0.39 is 0 Å². The minimum atomic E-state index is 0.0477. The zero-order valence-electron chi connectivity index (χ0n) is 10.2. The summed E-state index contributed by atoms with van der Waals surface area (Å²) in [5, 5.41) is 2.99. The molecule has 7 nitrogen and oxygen atoms in total. The van der Waals surface area contributed by atoms with Crippen molar-refractivity contribution in [1.82, 2.24) is 14.9 Å². The monoisotopic (exact) mass is 239 g/mol. The maximum Gasteiger partial charge on any atom is 0.225 e. The van der Waals surface area contributed by atoms with Crippen molar-refractivity contribution in [3.05, 3.63) is 6.07 Å². The topological polar surface area (TPSA) is 93.4 Å². The molecule has 3 N–H and O–H groups in total. The number of rotatable bonds is 5. The average molecular weight is 239 g/mol. The van der Waals surface area contributed by atoms with Gasteiger partial charge < -0.3 is 20.7 Å². The average Bonchev–Trinajstić information content (AvgIpc) is 2.27. The predicted octanol–water partition coefficient (Wildman–Crippen LogP) is -0.0424. The van der Waals surface area contributed by atoms with Gasteiger partial charge in [-0.25, -0.2) is 0 Å². The Morgan fingerprint density at radius 3 is 2.82 bits per heavy atom. The van der Waals surface area contributed by atoms with Crippen LogP contribution in [0.25, 0.3) is 0 Å². The van der Waals surface area contributed by atoms with Crippen LogP contribution in [0.4, 0.5) is 11.8 Å². The molecule has 0 aromatic carbocycles. The molecule has 0 saturated heterocycles.